The van der Waals surface area contributed by atoms with Crippen molar-refractivity contribution >= 4 is 5.97 Å². The molecule has 0 aliphatic heterocycles. The van der Waals surface area contributed by atoms with Crippen LogP contribution in [0.4, 0.5) is 13.2 Å². The number of ether oxygens (including phenoxy) is 1. The van der Waals surface area contributed by atoms with Crippen LogP contribution in [-0.2, 0) is 9.53 Å². The van der Waals surface area contributed by atoms with Crippen LogP contribution in [-0.4, -0.2) is 29.5 Å². The number of hydrogen-bond acceptors (Lipinski definition) is 3. The largest absolute Gasteiger partial charge is 0.490 e. The summed E-state index contributed by atoms with van der Waals surface area (Å²) in [6.45, 7) is 14.0. The number of halogens is 3. The second-order valence-corrected chi connectivity index (χ2v) is 14.3. The monoisotopic (exact) mass is 500 g/mol. The third-order valence-electron chi connectivity index (χ3n) is 11.3. The average Bonchev–Trinajstić information content (AvgIpc) is 3.11. The molecule has 0 heterocycles. The molecule has 4 fully saturated rings. The Balaban J connectivity index is 1.47. The molecule has 10 atom stereocenters. The molecule has 0 saturated heterocycles. The number of aliphatic hydroxyl groups excluding tert-OH is 1. The van der Waals surface area contributed by atoms with E-state index in [4.69, 9.17) is 4.74 Å². The number of rotatable bonds is 4. The quantitative estimate of drug-likeness (QED) is 0.405. The fourth-order valence-electron chi connectivity index (χ4n) is 9.33. The van der Waals surface area contributed by atoms with Crippen molar-refractivity contribution in [3.63, 3.8) is 0 Å². The van der Waals surface area contributed by atoms with Gasteiger partial charge in [0.15, 0.2) is 0 Å². The van der Waals surface area contributed by atoms with Crippen LogP contribution in [0, 0.1) is 51.8 Å². The predicted octanol–water partition coefficient (Wildman–Crippen LogP) is 7.55. The Bertz CT molecular complexity index is 789. The first kappa shape index (κ1) is 27.3. The minimum Gasteiger partial charge on any atom is -0.456 e. The summed E-state index contributed by atoms with van der Waals surface area (Å²) in [5.74, 6) is 0.854. The number of carbonyl (C=O) groups is 1. The summed E-state index contributed by atoms with van der Waals surface area (Å²) in [6.07, 6.45) is 3.55. The molecule has 0 aromatic rings. The van der Waals surface area contributed by atoms with Crippen LogP contribution in [0.25, 0.3) is 0 Å². The fourth-order valence-corrected chi connectivity index (χ4v) is 9.33. The third-order valence-corrected chi connectivity index (χ3v) is 11.3. The van der Waals surface area contributed by atoms with Crippen LogP contribution in [0.5, 0.6) is 0 Å². The summed E-state index contributed by atoms with van der Waals surface area (Å²) in [7, 11) is 0. The summed E-state index contributed by atoms with van der Waals surface area (Å²) < 4.78 is 43.1. The summed E-state index contributed by atoms with van der Waals surface area (Å²) >= 11 is 0. The number of hydrogen-bond donors (Lipinski definition) is 1. The third kappa shape index (κ3) is 4.91. The Labute approximate surface area is 210 Å². The van der Waals surface area contributed by atoms with E-state index in [0.717, 1.165) is 25.7 Å². The maximum atomic E-state index is 12.7. The average molecular weight is 501 g/mol. The van der Waals surface area contributed by atoms with Crippen molar-refractivity contribution in [2.24, 2.45) is 51.8 Å². The molecule has 4 rings (SSSR count). The van der Waals surface area contributed by atoms with E-state index in [2.05, 4.69) is 41.5 Å². The van der Waals surface area contributed by atoms with Crippen molar-refractivity contribution in [1.29, 1.82) is 0 Å². The van der Waals surface area contributed by atoms with Crippen LogP contribution < -0.4 is 0 Å². The molecule has 4 aliphatic carbocycles. The lowest BCUT2D eigenvalue weighted by Gasteiger charge is -2.62. The van der Waals surface area contributed by atoms with E-state index in [1.807, 2.05) is 0 Å². The highest BCUT2D eigenvalue weighted by Gasteiger charge is 2.64. The maximum Gasteiger partial charge on any atom is 0.490 e. The van der Waals surface area contributed by atoms with Gasteiger partial charge in [0.25, 0.3) is 0 Å². The van der Waals surface area contributed by atoms with E-state index in [-0.39, 0.29) is 22.9 Å². The highest BCUT2D eigenvalue weighted by molar-refractivity contribution is 5.75. The van der Waals surface area contributed by atoms with E-state index >= 15 is 0 Å². The topological polar surface area (TPSA) is 46.5 Å². The van der Waals surface area contributed by atoms with Crippen LogP contribution in [0.3, 0.4) is 0 Å². The normalized spacial score (nSPS) is 44.7. The minimum atomic E-state index is -4.93. The zero-order chi connectivity index (χ0) is 26.0. The molecule has 0 spiro atoms. The van der Waals surface area contributed by atoms with Crippen molar-refractivity contribution < 1.29 is 27.8 Å². The smallest absolute Gasteiger partial charge is 0.456 e. The molecular formula is C29H47F3O3. The lowest BCUT2D eigenvalue weighted by Crippen LogP contribution is -2.59. The lowest BCUT2D eigenvalue weighted by molar-refractivity contribution is -0.213. The molecular weight excluding hydrogens is 453 g/mol. The summed E-state index contributed by atoms with van der Waals surface area (Å²) in [6, 6.07) is 0. The first-order valence-electron chi connectivity index (χ1n) is 14.0. The molecule has 0 aromatic carbocycles. The number of aliphatic hydroxyl groups is 1. The summed E-state index contributed by atoms with van der Waals surface area (Å²) in [5, 5.41) is 11.7. The van der Waals surface area contributed by atoms with E-state index in [0.29, 0.717) is 47.8 Å². The van der Waals surface area contributed by atoms with Crippen molar-refractivity contribution in [1.82, 2.24) is 0 Å². The molecule has 0 radical (unpaired) electrons. The van der Waals surface area contributed by atoms with Gasteiger partial charge in [0.1, 0.15) is 6.10 Å². The Hall–Kier alpha value is -0.780. The van der Waals surface area contributed by atoms with Gasteiger partial charge in [-0.25, -0.2) is 4.79 Å². The van der Waals surface area contributed by atoms with E-state index < -0.39 is 18.2 Å². The SMILES string of the molecule is C[C@H](CCC(C)(C)C)[C@H]1CC[C@H]2[C@@H]3CC[C@@H]4C[C@H](OC(=O)C(F)(F)F)CC[C@]4(C)[C@H]3C[C@H](O)[C@]12C. The number of carbonyl (C=O) groups excluding carboxylic acids is 1. The molecule has 0 amide bonds. The molecule has 202 valence electrons. The Morgan fingerprint density at radius 3 is 2.34 bits per heavy atom. The predicted molar refractivity (Wildman–Crippen MR) is 130 cm³/mol. The van der Waals surface area contributed by atoms with Gasteiger partial charge in [0.2, 0.25) is 0 Å². The van der Waals surface area contributed by atoms with E-state index in [1.54, 1.807) is 0 Å². The molecule has 6 heteroatoms. The molecule has 4 aliphatic rings. The number of alkyl halides is 3. The molecule has 3 nitrogen and oxygen atoms in total. The molecule has 4 saturated carbocycles. The number of fused-ring (bicyclic) bond motifs is 5. The van der Waals surface area contributed by atoms with Gasteiger partial charge in [0, 0.05) is 0 Å². The summed E-state index contributed by atoms with van der Waals surface area (Å²) in [4.78, 5) is 11.4. The Morgan fingerprint density at radius 2 is 1.71 bits per heavy atom. The van der Waals surface area contributed by atoms with E-state index in [1.165, 1.54) is 25.7 Å². The Morgan fingerprint density at radius 1 is 1.03 bits per heavy atom. The first-order chi connectivity index (χ1) is 16.1. The molecule has 0 bridgehead atoms. The second-order valence-electron chi connectivity index (χ2n) is 14.3. The van der Waals surface area contributed by atoms with Gasteiger partial charge in [-0.1, -0.05) is 41.5 Å². The van der Waals surface area contributed by atoms with Gasteiger partial charge < -0.3 is 9.84 Å². The highest BCUT2D eigenvalue weighted by Crippen LogP contribution is 2.68. The van der Waals surface area contributed by atoms with Crippen molar-refractivity contribution in [2.45, 2.75) is 124 Å². The lowest BCUT2D eigenvalue weighted by atomic mass is 9.43. The number of esters is 1. The second kappa shape index (κ2) is 9.20. The van der Waals surface area contributed by atoms with Crippen molar-refractivity contribution in [2.75, 3.05) is 0 Å². The van der Waals surface area contributed by atoms with Gasteiger partial charge >= 0.3 is 12.1 Å². The van der Waals surface area contributed by atoms with Gasteiger partial charge in [0.05, 0.1) is 6.10 Å². The van der Waals surface area contributed by atoms with Gasteiger partial charge in [-0.15, -0.1) is 0 Å². The molecule has 35 heavy (non-hydrogen) atoms. The maximum absolute atomic E-state index is 12.7. The first-order valence-corrected chi connectivity index (χ1v) is 14.0. The van der Waals surface area contributed by atoms with Gasteiger partial charge in [-0.2, -0.15) is 13.2 Å². The van der Waals surface area contributed by atoms with Crippen molar-refractivity contribution in [3.05, 3.63) is 0 Å². The fraction of sp³-hybridized carbons (Fsp3) is 0.966. The standard InChI is InChI=1S/C29H47F3O3/c1-17(11-13-26(2,3)4)21-9-10-22-20-8-7-18-15-19(35-25(34)29(30,31)32)12-14-27(18,5)23(20)16-24(33)28(21,22)6/h17-24,33H,7-16H2,1-6H3/t17-,18-,19-,20+,21-,22+,23+,24+,27+,28-/m1/s1. The van der Waals surface area contributed by atoms with E-state index in [9.17, 15) is 23.1 Å². The zero-order valence-electron chi connectivity index (χ0n) is 22.6. The zero-order valence-corrected chi connectivity index (χ0v) is 22.6. The van der Waals surface area contributed by atoms with Crippen LogP contribution in [0.1, 0.15) is 106 Å². The van der Waals surface area contributed by atoms with Crippen LogP contribution in [0.2, 0.25) is 0 Å². The summed E-state index contributed by atoms with van der Waals surface area (Å²) in [5.41, 5.74) is 0.285. The van der Waals surface area contributed by atoms with Gasteiger partial charge in [-0.05, 0) is 116 Å². The minimum absolute atomic E-state index is 0.00229. The van der Waals surface area contributed by atoms with Crippen LogP contribution >= 0.6 is 0 Å². The highest BCUT2D eigenvalue weighted by atomic mass is 19.4. The van der Waals surface area contributed by atoms with Crippen molar-refractivity contribution in [3.8, 4) is 0 Å². The molecule has 1 N–H and O–H groups in total. The Kier molecular flexibility index (Phi) is 7.17. The van der Waals surface area contributed by atoms with Gasteiger partial charge in [-0.3, -0.25) is 0 Å². The van der Waals surface area contributed by atoms with Crippen LogP contribution in [0.15, 0.2) is 0 Å². The molecule has 0 aromatic heterocycles. The molecule has 0 unspecified atom stereocenters.